The largest absolute Gasteiger partial charge is 0.497 e. The van der Waals surface area contributed by atoms with Crippen LogP contribution in [0.4, 0.5) is 14.5 Å². The molecule has 0 saturated carbocycles. The summed E-state index contributed by atoms with van der Waals surface area (Å²) in [5, 5.41) is 6.30. The maximum absolute atomic E-state index is 13.7. The predicted molar refractivity (Wildman–Crippen MR) is 90.6 cm³/mol. The molecule has 0 aromatic heterocycles. The van der Waals surface area contributed by atoms with Crippen LogP contribution in [0.5, 0.6) is 11.5 Å². The Hall–Kier alpha value is -3.16. The van der Waals surface area contributed by atoms with Gasteiger partial charge in [-0.2, -0.15) is 0 Å². The number of hydrogen-bond donors (Lipinski definition) is 1. The summed E-state index contributed by atoms with van der Waals surface area (Å²) in [6.45, 7) is 0. The Labute approximate surface area is 148 Å². The molecule has 0 saturated heterocycles. The third kappa shape index (κ3) is 3.58. The molecule has 136 valence electrons. The Balaban J connectivity index is 1.72. The maximum Gasteiger partial charge on any atom is 0.268 e. The quantitative estimate of drug-likeness (QED) is 0.887. The number of carbonyl (C=O) groups is 1. The smallest absolute Gasteiger partial charge is 0.268 e. The molecule has 0 fully saturated rings. The highest BCUT2D eigenvalue weighted by Crippen LogP contribution is 2.29. The molecule has 6 nitrogen and oxygen atoms in total. The maximum atomic E-state index is 13.7. The molecule has 8 heteroatoms. The number of nitrogens with one attached hydrogen (secondary N) is 1. The first kappa shape index (κ1) is 17.7. The monoisotopic (exact) mass is 362 g/mol. The zero-order valence-electron chi connectivity index (χ0n) is 14.1. The van der Waals surface area contributed by atoms with Crippen molar-refractivity contribution >= 4 is 17.3 Å². The van der Waals surface area contributed by atoms with E-state index in [-0.39, 0.29) is 12.1 Å². The van der Waals surface area contributed by atoms with E-state index in [2.05, 4.69) is 10.5 Å². The van der Waals surface area contributed by atoms with Gasteiger partial charge in [-0.15, -0.1) is 0 Å². The predicted octanol–water partition coefficient (Wildman–Crippen LogP) is 3.11. The lowest BCUT2D eigenvalue weighted by atomic mass is 10.0. The van der Waals surface area contributed by atoms with Crippen molar-refractivity contribution in [2.24, 2.45) is 5.16 Å². The van der Waals surface area contributed by atoms with E-state index >= 15 is 0 Å². The van der Waals surface area contributed by atoms with E-state index in [1.54, 1.807) is 18.2 Å². The Morgan fingerprint density at radius 1 is 1.19 bits per heavy atom. The van der Waals surface area contributed by atoms with Crippen LogP contribution in [0.15, 0.2) is 41.6 Å². The zero-order valence-corrected chi connectivity index (χ0v) is 14.1. The van der Waals surface area contributed by atoms with Crippen molar-refractivity contribution in [1.82, 2.24) is 0 Å². The molecule has 1 heterocycles. The first-order valence-corrected chi connectivity index (χ1v) is 7.73. The number of rotatable bonds is 5. The fourth-order valence-electron chi connectivity index (χ4n) is 2.52. The van der Waals surface area contributed by atoms with Crippen molar-refractivity contribution in [3.05, 3.63) is 53.6 Å². The van der Waals surface area contributed by atoms with Crippen LogP contribution in [0.2, 0.25) is 0 Å². The number of hydrogen-bond acceptors (Lipinski definition) is 5. The Bertz CT molecular complexity index is 870. The molecule has 0 aliphatic carbocycles. The fourth-order valence-corrected chi connectivity index (χ4v) is 2.52. The van der Waals surface area contributed by atoms with E-state index in [1.807, 2.05) is 0 Å². The Morgan fingerprint density at radius 2 is 2.00 bits per heavy atom. The third-order valence-electron chi connectivity index (χ3n) is 3.87. The van der Waals surface area contributed by atoms with Gasteiger partial charge in [0.25, 0.3) is 5.91 Å². The van der Waals surface area contributed by atoms with Crippen LogP contribution in [0, 0.1) is 11.6 Å². The Morgan fingerprint density at radius 3 is 2.69 bits per heavy atom. The van der Waals surface area contributed by atoms with Crippen molar-refractivity contribution in [1.29, 1.82) is 0 Å². The molecule has 1 unspecified atom stereocenters. The van der Waals surface area contributed by atoms with Crippen molar-refractivity contribution in [2.45, 2.75) is 12.5 Å². The minimum Gasteiger partial charge on any atom is -0.497 e. The molecule has 1 N–H and O–H groups in total. The molecule has 0 spiro atoms. The number of amides is 1. The first-order chi connectivity index (χ1) is 12.5. The summed E-state index contributed by atoms with van der Waals surface area (Å²) in [4.78, 5) is 17.5. The number of nitrogens with zero attached hydrogens (tertiary/aromatic N) is 1. The highest BCUT2D eigenvalue weighted by molar-refractivity contribution is 6.07. The topological polar surface area (TPSA) is 69.1 Å². The summed E-state index contributed by atoms with van der Waals surface area (Å²) < 4.78 is 37.1. The Kier molecular flexibility index (Phi) is 5.01. The zero-order chi connectivity index (χ0) is 18.7. The second-order valence-electron chi connectivity index (χ2n) is 5.52. The number of ether oxygens (including phenoxy) is 2. The van der Waals surface area contributed by atoms with Gasteiger partial charge in [0.1, 0.15) is 23.1 Å². The molecule has 1 aliphatic heterocycles. The van der Waals surface area contributed by atoms with Crippen LogP contribution in [0.1, 0.15) is 12.0 Å². The van der Waals surface area contributed by atoms with Crippen molar-refractivity contribution in [3.63, 3.8) is 0 Å². The lowest BCUT2D eigenvalue weighted by Gasteiger charge is -2.11. The van der Waals surface area contributed by atoms with Crippen LogP contribution >= 0.6 is 0 Å². The standard InChI is InChI=1S/C18H16F2N2O4/c1-24-11-4-6-16(25-2)12(8-11)15-9-17(26-22-15)18(23)21-14-5-3-10(19)7-13(14)20/h3-8,17H,9H2,1-2H3,(H,21,23). The van der Waals surface area contributed by atoms with Gasteiger partial charge >= 0.3 is 0 Å². The lowest BCUT2D eigenvalue weighted by molar-refractivity contribution is -0.125. The number of anilines is 1. The summed E-state index contributed by atoms with van der Waals surface area (Å²) in [5.41, 5.74) is 1.00. The van der Waals surface area contributed by atoms with E-state index < -0.39 is 23.6 Å². The molecule has 1 aliphatic rings. The van der Waals surface area contributed by atoms with E-state index in [9.17, 15) is 13.6 Å². The van der Waals surface area contributed by atoms with E-state index in [0.717, 1.165) is 12.1 Å². The summed E-state index contributed by atoms with van der Waals surface area (Å²) >= 11 is 0. The van der Waals surface area contributed by atoms with Gasteiger partial charge < -0.3 is 19.6 Å². The molecule has 2 aromatic rings. The highest BCUT2D eigenvalue weighted by Gasteiger charge is 2.31. The van der Waals surface area contributed by atoms with Crippen LogP contribution in [0.25, 0.3) is 0 Å². The molecule has 1 amide bonds. The average Bonchev–Trinajstić information content (AvgIpc) is 3.13. The highest BCUT2D eigenvalue weighted by atomic mass is 19.1. The average molecular weight is 362 g/mol. The van der Waals surface area contributed by atoms with Gasteiger partial charge in [0, 0.05) is 18.1 Å². The van der Waals surface area contributed by atoms with Crippen molar-refractivity contribution in [3.8, 4) is 11.5 Å². The number of benzene rings is 2. The lowest BCUT2D eigenvalue weighted by Crippen LogP contribution is -2.28. The summed E-state index contributed by atoms with van der Waals surface area (Å²) in [6.07, 6.45) is -0.775. The number of methoxy groups -OCH3 is 2. The van der Waals surface area contributed by atoms with Gasteiger partial charge in [-0.3, -0.25) is 4.79 Å². The summed E-state index contributed by atoms with van der Waals surface area (Å²) in [5.74, 6) is -1.03. The van der Waals surface area contributed by atoms with Gasteiger partial charge in [0.2, 0.25) is 6.10 Å². The van der Waals surface area contributed by atoms with Gasteiger partial charge in [-0.25, -0.2) is 8.78 Å². The van der Waals surface area contributed by atoms with Gasteiger partial charge in [-0.1, -0.05) is 5.16 Å². The molecule has 3 rings (SSSR count). The molecule has 0 radical (unpaired) electrons. The molecule has 1 atom stereocenters. The molecular weight excluding hydrogens is 346 g/mol. The van der Waals surface area contributed by atoms with Gasteiger partial charge in [0.05, 0.1) is 25.6 Å². The summed E-state index contributed by atoms with van der Waals surface area (Å²) in [6, 6.07) is 8.06. The first-order valence-electron chi connectivity index (χ1n) is 7.73. The molecule has 0 bridgehead atoms. The minimum absolute atomic E-state index is 0.132. The SMILES string of the molecule is COc1ccc(OC)c(C2=NOC(C(=O)Nc3ccc(F)cc3F)C2)c1. The van der Waals surface area contributed by atoms with Gasteiger partial charge in [0.15, 0.2) is 0 Å². The second-order valence-corrected chi connectivity index (χ2v) is 5.52. The normalized spacial score (nSPS) is 15.8. The van der Waals surface area contributed by atoms with E-state index in [0.29, 0.717) is 28.8 Å². The molecular formula is C18H16F2N2O4. The minimum atomic E-state index is -0.939. The van der Waals surface area contributed by atoms with Crippen LogP contribution < -0.4 is 14.8 Å². The van der Waals surface area contributed by atoms with Crippen molar-refractivity contribution in [2.75, 3.05) is 19.5 Å². The van der Waals surface area contributed by atoms with Gasteiger partial charge in [-0.05, 0) is 30.3 Å². The number of carbonyl (C=O) groups excluding carboxylic acids is 1. The van der Waals surface area contributed by atoms with E-state index in [1.165, 1.54) is 14.2 Å². The summed E-state index contributed by atoms with van der Waals surface area (Å²) in [7, 11) is 3.05. The van der Waals surface area contributed by atoms with Crippen molar-refractivity contribution < 1.29 is 27.9 Å². The second kappa shape index (κ2) is 7.38. The van der Waals surface area contributed by atoms with Crippen LogP contribution in [-0.4, -0.2) is 31.9 Å². The molecule has 26 heavy (non-hydrogen) atoms. The third-order valence-corrected chi connectivity index (χ3v) is 3.87. The number of halogens is 2. The fraction of sp³-hybridized carbons (Fsp3) is 0.222. The van der Waals surface area contributed by atoms with Crippen LogP contribution in [-0.2, 0) is 9.63 Å². The van der Waals surface area contributed by atoms with Crippen LogP contribution in [0.3, 0.4) is 0 Å². The molecule has 2 aromatic carbocycles. The van der Waals surface area contributed by atoms with E-state index in [4.69, 9.17) is 14.3 Å². The number of oxime groups is 1.